The first-order valence-electron chi connectivity index (χ1n) is 6.85. The van der Waals surface area contributed by atoms with Crippen molar-refractivity contribution in [1.29, 1.82) is 0 Å². The molecule has 0 aromatic heterocycles. The molecule has 18 heavy (non-hydrogen) atoms. The van der Waals surface area contributed by atoms with Crippen molar-refractivity contribution < 1.29 is 4.79 Å². The largest absolute Gasteiger partial charge is 0.385 e. The number of carbonyl (C=O) groups excluding carboxylic acids is 1. The van der Waals surface area contributed by atoms with Crippen molar-refractivity contribution in [2.75, 3.05) is 17.2 Å². The Balaban J connectivity index is 1.86. The quantitative estimate of drug-likeness (QED) is 0.851. The molecule has 0 atom stereocenters. The van der Waals surface area contributed by atoms with Crippen LogP contribution in [0.1, 0.15) is 39.0 Å². The van der Waals surface area contributed by atoms with E-state index in [1.54, 1.807) is 0 Å². The predicted molar refractivity (Wildman–Crippen MR) is 75.8 cm³/mol. The third-order valence-corrected chi connectivity index (χ3v) is 3.50. The molecule has 2 N–H and O–H groups in total. The lowest BCUT2D eigenvalue weighted by atomic mass is 9.89. The van der Waals surface area contributed by atoms with Crippen LogP contribution in [0.2, 0.25) is 0 Å². The van der Waals surface area contributed by atoms with E-state index >= 15 is 0 Å². The van der Waals surface area contributed by atoms with Crippen LogP contribution < -0.4 is 10.6 Å². The van der Waals surface area contributed by atoms with E-state index in [0.717, 1.165) is 23.8 Å². The zero-order chi connectivity index (χ0) is 12.8. The second-order valence-electron chi connectivity index (χ2n) is 5.15. The number of benzene rings is 1. The van der Waals surface area contributed by atoms with E-state index in [1.165, 1.54) is 39.0 Å². The molecular weight excluding hydrogens is 224 g/mol. The molecule has 1 amide bonds. The Kier molecular flexibility index (Phi) is 4.62. The van der Waals surface area contributed by atoms with Crippen molar-refractivity contribution >= 4 is 17.3 Å². The number of carbonyl (C=O) groups is 1. The number of anilines is 2. The van der Waals surface area contributed by atoms with Gasteiger partial charge in [-0.3, -0.25) is 4.79 Å². The SMILES string of the molecule is CC(=O)Nc1cccc(NCC2CCCCC2)c1. The molecule has 1 fully saturated rings. The van der Waals surface area contributed by atoms with E-state index in [1.807, 2.05) is 24.3 Å². The van der Waals surface area contributed by atoms with E-state index in [4.69, 9.17) is 0 Å². The Hall–Kier alpha value is -1.51. The topological polar surface area (TPSA) is 41.1 Å². The summed E-state index contributed by atoms with van der Waals surface area (Å²) >= 11 is 0. The minimum atomic E-state index is -0.0283. The molecule has 98 valence electrons. The highest BCUT2D eigenvalue weighted by molar-refractivity contribution is 5.89. The maximum Gasteiger partial charge on any atom is 0.221 e. The van der Waals surface area contributed by atoms with Gasteiger partial charge in [0.25, 0.3) is 0 Å². The number of nitrogens with one attached hydrogen (secondary N) is 2. The van der Waals surface area contributed by atoms with Crippen LogP contribution in [0.5, 0.6) is 0 Å². The fraction of sp³-hybridized carbons (Fsp3) is 0.533. The van der Waals surface area contributed by atoms with Gasteiger partial charge in [0.15, 0.2) is 0 Å². The van der Waals surface area contributed by atoms with Crippen LogP contribution >= 0.6 is 0 Å². The molecule has 0 aliphatic heterocycles. The van der Waals surface area contributed by atoms with Crippen LogP contribution in [0, 0.1) is 5.92 Å². The molecule has 1 aromatic rings. The highest BCUT2D eigenvalue weighted by Crippen LogP contribution is 2.24. The first kappa shape index (κ1) is 12.9. The number of amides is 1. The molecular formula is C15H22N2O. The lowest BCUT2D eigenvalue weighted by Gasteiger charge is -2.22. The lowest BCUT2D eigenvalue weighted by Crippen LogP contribution is -2.17. The predicted octanol–water partition coefficient (Wildman–Crippen LogP) is 3.64. The Bertz CT molecular complexity index is 397. The van der Waals surface area contributed by atoms with Gasteiger partial charge in [0.2, 0.25) is 5.91 Å². The molecule has 0 saturated heterocycles. The highest BCUT2D eigenvalue weighted by Gasteiger charge is 2.12. The molecule has 0 unspecified atom stereocenters. The molecule has 1 aromatic carbocycles. The fourth-order valence-corrected chi connectivity index (χ4v) is 2.56. The summed E-state index contributed by atoms with van der Waals surface area (Å²) in [5.74, 6) is 0.780. The van der Waals surface area contributed by atoms with Crippen molar-refractivity contribution in [3.05, 3.63) is 24.3 Å². The van der Waals surface area contributed by atoms with Crippen LogP contribution in [0.15, 0.2) is 24.3 Å². The molecule has 0 spiro atoms. The number of hydrogen-bond acceptors (Lipinski definition) is 2. The van der Waals surface area contributed by atoms with E-state index in [2.05, 4.69) is 10.6 Å². The van der Waals surface area contributed by atoms with E-state index in [0.29, 0.717) is 0 Å². The average Bonchev–Trinajstić information content (AvgIpc) is 2.37. The first-order chi connectivity index (χ1) is 8.74. The molecule has 3 nitrogen and oxygen atoms in total. The lowest BCUT2D eigenvalue weighted by molar-refractivity contribution is -0.114. The van der Waals surface area contributed by atoms with Gasteiger partial charge in [-0.1, -0.05) is 25.3 Å². The number of rotatable bonds is 4. The first-order valence-corrected chi connectivity index (χ1v) is 6.85. The Labute approximate surface area is 109 Å². The zero-order valence-electron chi connectivity index (χ0n) is 11.0. The summed E-state index contributed by atoms with van der Waals surface area (Å²) in [5.41, 5.74) is 1.95. The van der Waals surface area contributed by atoms with Gasteiger partial charge in [-0.05, 0) is 37.0 Å². The summed E-state index contributed by atoms with van der Waals surface area (Å²) in [5, 5.41) is 6.28. The van der Waals surface area contributed by atoms with Crippen LogP contribution in [0.3, 0.4) is 0 Å². The van der Waals surface area contributed by atoms with Crippen LogP contribution in [0.4, 0.5) is 11.4 Å². The van der Waals surface area contributed by atoms with Gasteiger partial charge in [0, 0.05) is 24.8 Å². The van der Waals surface area contributed by atoms with Crippen molar-refractivity contribution in [2.45, 2.75) is 39.0 Å². The Morgan fingerprint density at radius 2 is 1.94 bits per heavy atom. The minimum Gasteiger partial charge on any atom is -0.385 e. The van der Waals surface area contributed by atoms with Gasteiger partial charge >= 0.3 is 0 Å². The molecule has 0 heterocycles. The van der Waals surface area contributed by atoms with Crippen molar-refractivity contribution in [3.8, 4) is 0 Å². The third-order valence-electron chi connectivity index (χ3n) is 3.50. The Morgan fingerprint density at radius 1 is 1.22 bits per heavy atom. The van der Waals surface area contributed by atoms with Crippen molar-refractivity contribution in [3.63, 3.8) is 0 Å². The maximum atomic E-state index is 11.0. The van der Waals surface area contributed by atoms with Gasteiger partial charge in [0.05, 0.1) is 0 Å². The van der Waals surface area contributed by atoms with Crippen molar-refractivity contribution in [1.82, 2.24) is 0 Å². The zero-order valence-corrected chi connectivity index (χ0v) is 11.0. The van der Waals surface area contributed by atoms with Gasteiger partial charge in [-0.15, -0.1) is 0 Å². The summed E-state index contributed by atoms with van der Waals surface area (Å²) in [6.45, 7) is 2.58. The van der Waals surface area contributed by atoms with Gasteiger partial charge in [0.1, 0.15) is 0 Å². The van der Waals surface area contributed by atoms with Crippen LogP contribution in [-0.4, -0.2) is 12.5 Å². The average molecular weight is 246 g/mol. The van der Waals surface area contributed by atoms with Crippen molar-refractivity contribution in [2.24, 2.45) is 5.92 Å². The van der Waals surface area contributed by atoms with Gasteiger partial charge in [-0.25, -0.2) is 0 Å². The second kappa shape index (κ2) is 6.43. The van der Waals surface area contributed by atoms with Crippen LogP contribution in [-0.2, 0) is 4.79 Å². The molecule has 3 heteroatoms. The number of hydrogen-bond donors (Lipinski definition) is 2. The standard InChI is InChI=1S/C15H22N2O/c1-12(18)17-15-9-5-8-14(10-15)16-11-13-6-3-2-4-7-13/h5,8-10,13,16H,2-4,6-7,11H2,1H3,(H,17,18). The smallest absolute Gasteiger partial charge is 0.221 e. The Morgan fingerprint density at radius 3 is 2.67 bits per heavy atom. The summed E-state index contributed by atoms with van der Waals surface area (Å²) in [7, 11) is 0. The van der Waals surface area contributed by atoms with Gasteiger partial charge in [-0.2, -0.15) is 0 Å². The molecule has 0 bridgehead atoms. The summed E-state index contributed by atoms with van der Waals surface area (Å²) in [6.07, 6.45) is 6.84. The monoisotopic (exact) mass is 246 g/mol. The highest BCUT2D eigenvalue weighted by atomic mass is 16.1. The van der Waals surface area contributed by atoms with E-state index in [9.17, 15) is 4.79 Å². The van der Waals surface area contributed by atoms with E-state index < -0.39 is 0 Å². The normalized spacial score (nSPS) is 16.3. The van der Waals surface area contributed by atoms with E-state index in [-0.39, 0.29) is 5.91 Å². The van der Waals surface area contributed by atoms with Gasteiger partial charge < -0.3 is 10.6 Å². The molecule has 1 saturated carbocycles. The van der Waals surface area contributed by atoms with Crippen LogP contribution in [0.25, 0.3) is 0 Å². The summed E-state index contributed by atoms with van der Waals surface area (Å²) in [4.78, 5) is 11.0. The third kappa shape index (κ3) is 4.06. The molecule has 1 aliphatic carbocycles. The maximum absolute atomic E-state index is 11.0. The second-order valence-corrected chi connectivity index (χ2v) is 5.15. The summed E-state index contributed by atoms with van der Waals surface area (Å²) in [6, 6.07) is 7.92. The molecule has 2 rings (SSSR count). The fourth-order valence-electron chi connectivity index (χ4n) is 2.56. The summed E-state index contributed by atoms with van der Waals surface area (Å²) < 4.78 is 0. The molecule has 1 aliphatic rings. The minimum absolute atomic E-state index is 0.0283. The molecule has 0 radical (unpaired) electrons.